The lowest BCUT2D eigenvalue weighted by Crippen LogP contribution is -2.34. The van der Waals surface area contributed by atoms with Crippen LogP contribution in [0.1, 0.15) is 23.4 Å². The number of nitrogen functional groups attached to an aromatic ring is 1. The summed E-state index contributed by atoms with van der Waals surface area (Å²) in [6.07, 6.45) is 4.16. The fourth-order valence-corrected chi connectivity index (χ4v) is 2.68. The molecule has 1 fully saturated rings. The average molecular weight is 389 g/mol. The zero-order chi connectivity index (χ0) is 20.1. The summed E-state index contributed by atoms with van der Waals surface area (Å²) in [7, 11) is 1.72. The Morgan fingerprint density at radius 1 is 1.46 bits per heavy atom. The first-order chi connectivity index (χ1) is 13.5. The van der Waals surface area contributed by atoms with Gasteiger partial charge in [-0.1, -0.05) is 0 Å². The second-order valence-corrected chi connectivity index (χ2v) is 6.51. The molecule has 0 bridgehead atoms. The van der Waals surface area contributed by atoms with E-state index in [1.807, 2.05) is 0 Å². The molecule has 0 spiro atoms. The Morgan fingerprint density at radius 2 is 2.25 bits per heavy atom. The molecule has 3 rings (SSSR count). The molecule has 2 heterocycles. The van der Waals surface area contributed by atoms with Crippen LogP contribution in [0.4, 0.5) is 23.3 Å². The molecule has 0 saturated heterocycles. The van der Waals surface area contributed by atoms with Gasteiger partial charge < -0.3 is 25.1 Å². The van der Waals surface area contributed by atoms with Gasteiger partial charge in [-0.05, 0) is 30.9 Å². The van der Waals surface area contributed by atoms with Gasteiger partial charge >= 0.3 is 5.91 Å². The molecule has 2 amide bonds. The van der Waals surface area contributed by atoms with Gasteiger partial charge in [-0.2, -0.15) is 9.97 Å². The van der Waals surface area contributed by atoms with Crippen molar-refractivity contribution in [2.75, 3.05) is 47.7 Å². The van der Waals surface area contributed by atoms with Crippen LogP contribution in [-0.2, 0) is 4.79 Å². The minimum Gasteiger partial charge on any atom is -0.459 e. The predicted octanol–water partition coefficient (Wildman–Crippen LogP) is 0.210. The molecule has 28 heavy (non-hydrogen) atoms. The van der Waals surface area contributed by atoms with E-state index in [0.29, 0.717) is 30.4 Å². The molecule has 0 unspecified atom stereocenters. The standard InChI is InChI=1S/C17H23N7O4/c1-23(6-7-25)15-13(24(10-26)9-11-4-5-11)14(19-17(18)20-15)21-22-16(27)12-3-2-8-28-12/h2-3,8,10-11,25H,4-7,9H2,1H3,(H,22,27)(H3,18,19,20,21). The zero-order valence-electron chi connectivity index (χ0n) is 15.5. The van der Waals surface area contributed by atoms with Gasteiger partial charge in [0, 0.05) is 20.1 Å². The minimum atomic E-state index is -0.516. The lowest BCUT2D eigenvalue weighted by atomic mass is 10.3. The molecule has 0 atom stereocenters. The van der Waals surface area contributed by atoms with E-state index in [1.54, 1.807) is 18.0 Å². The van der Waals surface area contributed by atoms with E-state index >= 15 is 0 Å². The first-order valence-electron chi connectivity index (χ1n) is 8.84. The molecule has 150 valence electrons. The van der Waals surface area contributed by atoms with Gasteiger partial charge in [-0.25, -0.2) is 0 Å². The first-order valence-corrected chi connectivity index (χ1v) is 8.84. The van der Waals surface area contributed by atoms with Crippen molar-refractivity contribution in [1.82, 2.24) is 15.4 Å². The lowest BCUT2D eigenvalue weighted by molar-refractivity contribution is -0.107. The maximum absolute atomic E-state index is 12.2. The number of hydrogen-bond donors (Lipinski definition) is 4. The summed E-state index contributed by atoms with van der Waals surface area (Å²) in [4.78, 5) is 35.5. The predicted molar refractivity (Wildman–Crippen MR) is 103 cm³/mol. The Morgan fingerprint density at radius 3 is 2.86 bits per heavy atom. The third-order valence-corrected chi connectivity index (χ3v) is 4.29. The molecular formula is C17H23N7O4. The van der Waals surface area contributed by atoms with Crippen molar-refractivity contribution in [2.24, 2.45) is 5.92 Å². The highest BCUT2D eigenvalue weighted by Crippen LogP contribution is 2.37. The van der Waals surface area contributed by atoms with Gasteiger partial charge in [-0.3, -0.25) is 20.4 Å². The Labute approximate surface area is 161 Å². The zero-order valence-corrected chi connectivity index (χ0v) is 15.5. The third-order valence-electron chi connectivity index (χ3n) is 4.29. The number of nitrogens with two attached hydrogens (primary N) is 1. The molecule has 0 radical (unpaired) electrons. The normalized spacial score (nSPS) is 13.1. The quantitative estimate of drug-likeness (QED) is 0.330. The highest BCUT2D eigenvalue weighted by molar-refractivity contribution is 5.94. The molecule has 0 aliphatic heterocycles. The number of amides is 2. The minimum absolute atomic E-state index is 0.0458. The average Bonchev–Trinajstić information content (AvgIpc) is 3.33. The lowest BCUT2D eigenvalue weighted by Gasteiger charge is -2.27. The number of hydrogen-bond acceptors (Lipinski definition) is 9. The van der Waals surface area contributed by atoms with E-state index in [-0.39, 0.29) is 30.7 Å². The monoisotopic (exact) mass is 389 g/mol. The molecular weight excluding hydrogens is 366 g/mol. The number of furan rings is 1. The van der Waals surface area contributed by atoms with Crippen molar-refractivity contribution < 1.29 is 19.1 Å². The van der Waals surface area contributed by atoms with Crippen LogP contribution < -0.4 is 26.4 Å². The van der Waals surface area contributed by atoms with Crippen LogP contribution in [0.3, 0.4) is 0 Å². The Kier molecular flexibility index (Phi) is 5.94. The van der Waals surface area contributed by atoms with E-state index in [1.165, 1.54) is 17.2 Å². The highest BCUT2D eigenvalue weighted by atomic mass is 16.3. The Balaban J connectivity index is 1.93. The van der Waals surface area contributed by atoms with Crippen molar-refractivity contribution >= 4 is 35.6 Å². The van der Waals surface area contributed by atoms with Crippen molar-refractivity contribution in [2.45, 2.75) is 12.8 Å². The third kappa shape index (κ3) is 4.49. The molecule has 1 aliphatic carbocycles. The first kappa shape index (κ1) is 19.4. The van der Waals surface area contributed by atoms with Crippen LogP contribution in [0, 0.1) is 5.92 Å². The van der Waals surface area contributed by atoms with Crippen LogP contribution in [0.15, 0.2) is 22.8 Å². The Hall–Kier alpha value is -3.34. The maximum atomic E-state index is 12.2. The number of nitrogens with zero attached hydrogens (tertiary/aromatic N) is 4. The van der Waals surface area contributed by atoms with E-state index in [0.717, 1.165) is 12.8 Å². The van der Waals surface area contributed by atoms with Gasteiger partial charge in [-0.15, -0.1) is 0 Å². The van der Waals surface area contributed by atoms with Crippen molar-refractivity contribution in [3.8, 4) is 0 Å². The number of aliphatic hydroxyl groups excluding tert-OH is 1. The molecule has 2 aromatic heterocycles. The number of carbonyl (C=O) groups excluding carboxylic acids is 2. The number of aromatic nitrogens is 2. The summed E-state index contributed by atoms with van der Waals surface area (Å²) in [5.41, 5.74) is 11.4. The second kappa shape index (κ2) is 8.57. The summed E-state index contributed by atoms with van der Waals surface area (Å²) >= 11 is 0. The second-order valence-electron chi connectivity index (χ2n) is 6.51. The largest absolute Gasteiger partial charge is 0.459 e. The Bertz CT molecular complexity index is 823. The fraction of sp³-hybridized carbons (Fsp3) is 0.412. The number of aliphatic hydroxyl groups is 1. The van der Waals surface area contributed by atoms with Crippen molar-refractivity contribution in [3.05, 3.63) is 24.2 Å². The van der Waals surface area contributed by atoms with Gasteiger partial charge in [0.25, 0.3) is 0 Å². The van der Waals surface area contributed by atoms with Gasteiger partial charge in [0.05, 0.1) is 12.9 Å². The topological polar surface area (TPSA) is 150 Å². The smallest absolute Gasteiger partial charge is 0.305 e. The molecule has 5 N–H and O–H groups in total. The molecule has 11 nitrogen and oxygen atoms in total. The summed E-state index contributed by atoms with van der Waals surface area (Å²) in [5.74, 6) is 0.487. The van der Waals surface area contributed by atoms with E-state index in [2.05, 4.69) is 20.8 Å². The van der Waals surface area contributed by atoms with Crippen LogP contribution in [0.5, 0.6) is 0 Å². The summed E-state index contributed by atoms with van der Waals surface area (Å²) in [6.45, 7) is 0.664. The number of carbonyl (C=O) groups is 2. The molecule has 1 aliphatic rings. The van der Waals surface area contributed by atoms with Gasteiger partial charge in [0.1, 0.15) is 5.69 Å². The number of anilines is 4. The summed E-state index contributed by atoms with van der Waals surface area (Å²) in [5, 5.41) is 9.28. The van der Waals surface area contributed by atoms with Crippen molar-refractivity contribution in [3.63, 3.8) is 0 Å². The molecule has 11 heteroatoms. The number of hydrazine groups is 1. The van der Waals surface area contributed by atoms with Crippen molar-refractivity contribution in [1.29, 1.82) is 0 Å². The SMILES string of the molecule is CN(CCO)c1nc(N)nc(NNC(=O)c2ccco2)c1N(C=O)CC1CC1. The van der Waals surface area contributed by atoms with Crippen LogP contribution in [0.25, 0.3) is 0 Å². The summed E-state index contributed by atoms with van der Waals surface area (Å²) in [6, 6.07) is 3.10. The number of likely N-dealkylation sites (N-methyl/N-ethyl adjacent to an activating group) is 1. The molecule has 0 aromatic carbocycles. The van der Waals surface area contributed by atoms with Gasteiger partial charge in [0.15, 0.2) is 17.4 Å². The number of nitrogens with one attached hydrogen (secondary N) is 2. The maximum Gasteiger partial charge on any atom is 0.305 e. The molecule has 1 saturated carbocycles. The van der Waals surface area contributed by atoms with E-state index < -0.39 is 5.91 Å². The van der Waals surface area contributed by atoms with E-state index in [4.69, 9.17) is 10.2 Å². The van der Waals surface area contributed by atoms with Gasteiger partial charge in [0.2, 0.25) is 12.4 Å². The summed E-state index contributed by atoms with van der Waals surface area (Å²) < 4.78 is 5.05. The van der Waals surface area contributed by atoms with Crippen LogP contribution >= 0.6 is 0 Å². The number of rotatable bonds is 10. The highest BCUT2D eigenvalue weighted by Gasteiger charge is 2.29. The molecule has 2 aromatic rings. The van der Waals surface area contributed by atoms with Crippen LogP contribution in [-0.4, -0.2) is 54.1 Å². The fourth-order valence-electron chi connectivity index (χ4n) is 2.68. The van der Waals surface area contributed by atoms with E-state index in [9.17, 15) is 14.7 Å². The van der Waals surface area contributed by atoms with Crippen LogP contribution in [0.2, 0.25) is 0 Å².